The van der Waals surface area contributed by atoms with Gasteiger partial charge in [0.15, 0.2) is 0 Å². The Hall–Kier alpha value is -1.86. The molecule has 6 nitrogen and oxygen atoms in total. The topological polar surface area (TPSA) is 94.9 Å². The molecule has 0 bridgehead atoms. The highest BCUT2D eigenvalue weighted by Gasteiger charge is 2.17. The molecule has 94 valence electrons. The Balaban J connectivity index is 2.50. The molecule has 1 aromatic heterocycles. The quantitative estimate of drug-likeness (QED) is 0.678. The molecule has 1 unspecified atom stereocenters. The van der Waals surface area contributed by atoms with Crippen molar-refractivity contribution in [1.82, 2.24) is 10.2 Å². The number of nitro groups is 1. The lowest BCUT2D eigenvalue weighted by atomic mass is 10.1. The maximum absolute atomic E-state index is 10.9. The van der Waals surface area contributed by atoms with Crippen molar-refractivity contribution in [3.63, 3.8) is 0 Å². The molecule has 2 aromatic rings. The van der Waals surface area contributed by atoms with E-state index in [0.717, 1.165) is 10.6 Å². The summed E-state index contributed by atoms with van der Waals surface area (Å²) in [5, 5.41) is 20.3. The molecule has 1 heterocycles. The summed E-state index contributed by atoms with van der Waals surface area (Å²) in [4.78, 5) is 10.5. The highest BCUT2D eigenvalue weighted by Crippen LogP contribution is 2.32. The van der Waals surface area contributed by atoms with Gasteiger partial charge in [-0.2, -0.15) is 0 Å². The van der Waals surface area contributed by atoms with E-state index in [2.05, 4.69) is 10.2 Å². The third-order valence-electron chi connectivity index (χ3n) is 2.56. The van der Waals surface area contributed by atoms with Gasteiger partial charge in [0.25, 0.3) is 5.69 Å². The van der Waals surface area contributed by atoms with Crippen LogP contribution in [0.2, 0.25) is 0 Å². The van der Waals surface area contributed by atoms with Gasteiger partial charge in [-0.3, -0.25) is 10.1 Å². The number of nitrogens with two attached hydrogens (primary N) is 1. The predicted octanol–water partition coefficient (Wildman–Crippen LogP) is 2.44. The minimum absolute atomic E-state index is 0.0880. The first kappa shape index (κ1) is 12.6. The molecule has 0 aliphatic heterocycles. The van der Waals surface area contributed by atoms with Crippen molar-refractivity contribution in [2.24, 2.45) is 5.73 Å². The summed E-state index contributed by atoms with van der Waals surface area (Å²) in [5.41, 5.74) is 7.13. The first-order valence-electron chi connectivity index (χ1n) is 5.34. The van der Waals surface area contributed by atoms with Crippen LogP contribution >= 0.6 is 11.3 Å². The van der Waals surface area contributed by atoms with Gasteiger partial charge in [0.2, 0.25) is 0 Å². The molecule has 18 heavy (non-hydrogen) atoms. The lowest BCUT2D eigenvalue weighted by Gasteiger charge is -2.02. The molecule has 0 spiro atoms. The van der Waals surface area contributed by atoms with E-state index in [9.17, 15) is 10.1 Å². The molecule has 7 heteroatoms. The lowest BCUT2D eigenvalue weighted by molar-refractivity contribution is -0.385. The van der Waals surface area contributed by atoms with Crippen LogP contribution in [-0.4, -0.2) is 15.1 Å². The highest BCUT2D eigenvalue weighted by atomic mass is 32.1. The maximum Gasteiger partial charge on any atom is 0.273 e. The maximum atomic E-state index is 10.9. The van der Waals surface area contributed by atoms with Crippen molar-refractivity contribution in [2.45, 2.75) is 19.9 Å². The van der Waals surface area contributed by atoms with Crippen molar-refractivity contribution in [2.75, 3.05) is 0 Å². The molecule has 0 saturated heterocycles. The Labute approximate surface area is 108 Å². The van der Waals surface area contributed by atoms with Crippen LogP contribution < -0.4 is 5.73 Å². The Morgan fingerprint density at radius 3 is 2.72 bits per heavy atom. The van der Waals surface area contributed by atoms with Gasteiger partial charge in [0, 0.05) is 17.2 Å². The Bertz CT molecular complexity index is 594. The molecule has 0 aliphatic rings. The van der Waals surface area contributed by atoms with Gasteiger partial charge < -0.3 is 5.73 Å². The zero-order valence-corrected chi connectivity index (χ0v) is 10.8. The third kappa shape index (κ3) is 2.22. The van der Waals surface area contributed by atoms with Crippen molar-refractivity contribution in [1.29, 1.82) is 0 Å². The van der Waals surface area contributed by atoms with Crippen molar-refractivity contribution in [3.8, 4) is 10.6 Å². The van der Waals surface area contributed by atoms with Crippen LogP contribution in [0.3, 0.4) is 0 Å². The van der Waals surface area contributed by atoms with E-state index in [1.54, 1.807) is 19.1 Å². The van der Waals surface area contributed by atoms with Crippen LogP contribution in [0.25, 0.3) is 10.6 Å². The second-order valence-electron chi connectivity index (χ2n) is 3.94. The standard InChI is InChI=1S/C11H12N4O2S/c1-6-8(4-3-5-9(6)15(16)17)11-14-13-10(18-11)7(2)12/h3-5,7H,12H2,1-2H3. The summed E-state index contributed by atoms with van der Waals surface area (Å²) >= 11 is 1.36. The van der Waals surface area contributed by atoms with Crippen molar-refractivity contribution < 1.29 is 4.92 Å². The molecular weight excluding hydrogens is 252 g/mol. The van der Waals surface area contributed by atoms with Crippen LogP contribution in [0.4, 0.5) is 5.69 Å². The Morgan fingerprint density at radius 2 is 2.17 bits per heavy atom. The van der Waals surface area contributed by atoms with Crippen LogP contribution in [0.5, 0.6) is 0 Å². The van der Waals surface area contributed by atoms with Crippen molar-refractivity contribution >= 4 is 17.0 Å². The van der Waals surface area contributed by atoms with E-state index in [1.807, 2.05) is 6.92 Å². The van der Waals surface area contributed by atoms with E-state index in [-0.39, 0.29) is 11.7 Å². The van der Waals surface area contributed by atoms with Gasteiger partial charge in [0.05, 0.1) is 11.0 Å². The summed E-state index contributed by atoms with van der Waals surface area (Å²) in [5.74, 6) is 0. The first-order chi connectivity index (χ1) is 8.50. The van der Waals surface area contributed by atoms with E-state index in [1.165, 1.54) is 17.4 Å². The molecule has 1 aromatic carbocycles. The predicted molar refractivity (Wildman–Crippen MR) is 69.3 cm³/mol. The summed E-state index contributed by atoms with van der Waals surface area (Å²) in [6, 6.07) is 4.74. The molecule has 0 fully saturated rings. The molecule has 2 rings (SSSR count). The average Bonchev–Trinajstić information content (AvgIpc) is 2.78. The number of benzene rings is 1. The monoisotopic (exact) mass is 264 g/mol. The fourth-order valence-corrected chi connectivity index (χ4v) is 2.46. The number of nitrogens with zero attached hydrogens (tertiary/aromatic N) is 3. The molecule has 1 atom stereocenters. The highest BCUT2D eigenvalue weighted by molar-refractivity contribution is 7.14. The number of rotatable bonds is 3. The van der Waals surface area contributed by atoms with Gasteiger partial charge in [-0.1, -0.05) is 23.5 Å². The zero-order valence-electron chi connectivity index (χ0n) is 9.95. The fourth-order valence-electron chi connectivity index (χ4n) is 1.58. The zero-order chi connectivity index (χ0) is 13.3. The van der Waals surface area contributed by atoms with Gasteiger partial charge >= 0.3 is 0 Å². The molecule has 0 saturated carbocycles. The Morgan fingerprint density at radius 1 is 1.44 bits per heavy atom. The molecule has 0 amide bonds. The summed E-state index contributed by atoms with van der Waals surface area (Å²) in [7, 11) is 0. The van der Waals surface area contributed by atoms with E-state index in [4.69, 9.17) is 5.73 Å². The molecule has 0 aliphatic carbocycles. The van der Waals surface area contributed by atoms with E-state index >= 15 is 0 Å². The van der Waals surface area contributed by atoms with E-state index < -0.39 is 4.92 Å². The van der Waals surface area contributed by atoms with Gasteiger partial charge in [-0.25, -0.2) is 0 Å². The van der Waals surface area contributed by atoms with Crippen LogP contribution in [-0.2, 0) is 0 Å². The minimum Gasteiger partial charge on any atom is -0.322 e. The molecular formula is C11H12N4O2S. The van der Waals surface area contributed by atoms with Crippen LogP contribution in [0, 0.1) is 17.0 Å². The summed E-state index contributed by atoms with van der Waals surface area (Å²) in [6.45, 7) is 3.53. The minimum atomic E-state index is -0.396. The smallest absolute Gasteiger partial charge is 0.273 e. The van der Waals surface area contributed by atoms with Crippen LogP contribution in [0.1, 0.15) is 23.5 Å². The summed E-state index contributed by atoms with van der Waals surface area (Å²) < 4.78 is 0. The number of hydrogen-bond donors (Lipinski definition) is 1. The van der Waals surface area contributed by atoms with Gasteiger partial charge in [-0.05, 0) is 13.8 Å². The lowest BCUT2D eigenvalue weighted by Crippen LogP contribution is -2.03. The van der Waals surface area contributed by atoms with Gasteiger partial charge in [-0.15, -0.1) is 10.2 Å². The number of nitro benzene ring substituents is 1. The first-order valence-corrected chi connectivity index (χ1v) is 6.15. The van der Waals surface area contributed by atoms with Crippen LogP contribution in [0.15, 0.2) is 18.2 Å². The molecule has 0 radical (unpaired) electrons. The van der Waals surface area contributed by atoms with Gasteiger partial charge in [0.1, 0.15) is 10.0 Å². The number of aromatic nitrogens is 2. The molecule has 2 N–H and O–H groups in total. The summed E-state index contributed by atoms with van der Waals surface area (Å²) in [6.07, 6.45) is 0. The SMILES string of the molecule is Cc1c(-c2nnc(C(C)N)s2)cccc1[N+](=O)[O-]. The number of hydrogen-bond acceptors (Lipinski definition) is 6. The Kier molecular flexibility index (Phi) is 3.35. The average molecular weight is 264 g/mol. The third-order valence-corrected chi connectivity index (χ3v) is 3.72. The van der Waals surface area contributed by atoms with E-state index in [0.29, 0.717) is 10.6 Å². The largest absolute Gasteiger partial charge is 0.322 e. The normalized spacial score (nSPS) is 12.4. The second kappa shape index (κ2) is 4.79. The fraction of sp³-hybridized carbons (Fsp3) is 0.273. The van der Waals surface area contributed by atoms with Crippen molar-refractivity contribution in [3.05, 3.63) is 38.9 Å². The second-order valence-corrected chi connectivity index (χ2v) is 4.95.